The van der Waals surface area contributed by atoms with E-state index in [2.05, 4.69) is 11.9 Å². The van der Waals surface area contributed by atoms with Gasteiger partial charge in [-0.05, 0) is 32.4 Å². The van der Waals surface area contributed by atoms with Gasteiger partial charge < -0.3 is 4.74 Å². The summed E-state index contributed by atoms with van der Waals surface area (Å²) < 4.78 is 5.12. The molecule has 0 aliphatic heterocycles. The van der Waals surface area contributed by atoms with E-state index in [4.69, 9.17) is 16.3 Å². The summed E-state index contributed by atoms with van der Waals surface area (Å²) in [5.74, 6) is 0. The van der Waals surface area contributed by atoms with Crippen LogP contribution in [-0.2, 0) is 4.74 Å². The summed E-state index contributed by atoms with van der Waals surface area (Å²) in [6, 6.07) is 0. The van der Waals surface area contributed by atoms with Crippen LogP contribution in [0.15, 0.2) is 40.7 Å². The van der Waals surface area contributed by atoms with Gasteiger partial charge >= 0.3 is 0 Å². The fourth-order valence-corrected chi connectivity index (χ4v) is 1.04. The van der Waals surface area contributed by atoms with Gasteiger partial charge in [0, 0.05) is 11.2 Å². The third-order valence-corrected chi connectivity index (χ3v) is 1.74. The highest BCUT2D eigenvalue weighted by Crippen LogP contribution is 2.01. The van der Waals surface area contributed by atoms with E-state index in [-0.39, 0.29) is 0 Å². The number of hydrogen-bond donors (Lipinski definition) is 0. The molecule has 16 heavy (non-hydrogen) atoms. The van der Waals surface area contributed by atoms with E-state index < -0.39 is 0 Å². The zero-order valence-corrected chi connectivity index (χ0v) is 11.0. The minimum absolute atomic E-state index is 0.652. The number of rotatable bonds is 7. The van der Waals surface area contributed by atoms with Crippen molar-refractivity contribution >= 4 is 17.3 Å². The monoisotopic (exact) mass is 241 g/mol. The standard InChI is InChI=1S/C13H20ClNO/c1-4-6-7-9-15-13(11-12(3)14)8-10-16-5-2/h7-11H,4-6H2,1-3H3/b9-7+,10-8+,12-11+,15-13?. The number of ether oxygens (including phenoxy) is 1. The van der Waals surface area contributed by atoms with Gasteiger partial charge in [0.15, 0.2) is 0 Å². The Bertz CT molecular complexity index is 286. The third-order valence-electron chi connectivity index (χ3n) is 1.63. The van der Waals surface area contributed by atoms with Crippen LogP contribution >= 0.6 is 11.6 Å². The second-order valence-corrected chi connectivity index (χ2v) is 3.81. The Balaban J connectivity index is 4.47. The molecule has 0 aliphatic carbocycles. The van der Waals surface area contributed by atoms with Crippen molar-refractivity contribution in [3.8, 4) is 0 Å². The summed E-state index contributed by atoms with van der Waals surface area (Å²) in [4.78, 5) is 4.28. The smallest absolute Gasteiger partial charge is 0.0850 e. The minimum Gasteiger partial charge on any atom is -0.501 e. The second kappa shape index (κ2) is 10.5. The zero-order valence-electron chi connectivity index (χ0n) is 10.2. The van der Waals surface area contributed by atoms with Crippen molar-refractivity contribution in [1.29, 1.82) is 0 Å². The molecule has 0 saturated heterocycles. The van der Waals surface area contributed by atoms with Crippen molar-refractivity contribution in [2.24, 2.45) is 4.99 Å². The molecule has 0 atom stereocenters. The van der Waals surface area contributed by atoms with Crippen LogP contribution in [0.5, 0.6) is 0 Å². The number of hydrogen-bond acceptors (Lipinski definition) is 2. The fraction of sp³-hybridized carbons (Fsp3) is 0.462. The van der Waals surface area contributed by atoms with Crippen molar-refractivity contribution < 1.29 is 4.74 Å². The van der Waals surface area contributed by atoms with Crippen molar-refractivity contribution in [1.82, 2.24) is 0 Å². The Morgan fingerprint density at radius 1 is 1.38 bits per heavy atom. The molecule has 0 aromatic rings. The van der Waals surface area contributed by atoms with Crippen LogP contribution in [0.2, 0.25) is 0 Å². The number of nitrogens with zero attached hydrogens (tertiary/aromatic N) is 1. The predicted octanol–water partition coefficient (Wildman–Crippen LogP) is 4.43. The van der Waals surface area contributed by atoms with Gasteiger partial charge in [0.1, 0.15) is 0 Å². The summed E-state index contributed by atoms with van der Waals surface area (Å²) >= 11 is 5.81. The molecule has 0 aliphatic rings. The van der Waals surface area contributed by atoms with Crippen LogP contribution in [-0.4, -0.2) is 12.3 Å². The summed E-state index contributed by atoms with van der Waals surface area (Å²) in [6.45, 7) is 6.54. The van der Waals surface area contributed by atoms with E-state index in [1.807, 2.05) is 19.9 Å². The van der Waals surface area contributed by atoms with Gasteiger partial charge in [-0.2, -0.15) is 0 Å². The maximum absolute atomic E-state index is 5.81. The van der Waals surface area contributed by atoms with Crippen molar-refractivity contribution in [3.05, 3.63) is 35.7 Å². The highest BCUT2D eigenvalue weighted by Gasteiger charge is 1.89. The van der Waals surface area contributed by atoms with Gasteiger partial charge in [0.2, 0.25) is 0 Å². The van der Waals surface area contributed by atoms with E-state index in [0.717, 1.165) is 18.6 Å². The highest BCUT2D eigenvalue weighted by atomic mass is 35.5. The average Bonchev–Trinajstić information content (AvgIpc) is 2.23. The SMILES string of the molecule is CCC/C=C/N=C(/C=C/OCC)/C=C(\C)Cl. The molecular weight excluding hydrogens is 222 g/mol. The molecule has 0 spiro atoms. The van der Waals surface area contributed by atoms with E-state index in [1.165, 1.54) is 0 Å². The van der Waals surface area contributed by atoms with E-state index >= 15 is 0 Å². The molecule has 0 aromatic carbocycles. The lowest BCUT2D eigenvalue weighted by Crippen LogP contribution is -1.88. The van der Waals surface area contributed by atoms with Gasteiger partial charge in [-0.1, -0.05) is 31.0 Å². The van der Waals surface area contributed by atoms with Crippen molar-refractivity contribution in [2.45, 2.75) is 33.6 Å². The van der Waals surface area contributed by atoms with Crippen molar-refractivity contribution in [2.75, 3.05) is 6.61 Å². The van der Waals surface area contributed by atoms with Crippen LogP contribution in [0.4, 0.5) is 0 Å². The zero-order chi connectivity index (χ0) is 12.2. The molecule has 2 nitrogen and oxygen atoms in total. The maximum atomic E-state index is 5.81. The molecule has 0 aromatic heterocycles. The maximum Gasteiger partial charge on any atom is 0.0850 e. The van der Waals surface area contributed by atoms with Gasteiger partial charge in [-0.3, -0.25) is 4.99 Å². The minimum atomic E-state index is 0.652. The normalized spacial score (nSPS) is 14.0. The summed E-state index contributed by atoms with van der Waals surface area (Å²) in [5.41, 5.74) is 0.785. The molecule has 0 fully saturated rings. The lowest BCUT2D eigenvalue weighted by molar-refractivity contribution is 0.270. The van der Waals surface area contributed by atoms with E-state index in [0.29, 0.717) is 11.6 Å². The Hall–Kier alpha value is -1.02. The molecular formula is C13H20ClNO. The molecule has 90 valence electrons. The number of unbranched alkanes of at least 4 members (excludes halogenated alkanes) is 1. The summed E-state index contributed by atoms with van der Waals surface area (Å²) in [7, 11) is 0. The van der Waals surface area contributed by atoms with Gasteiger partial charge in [-0.25, -0.2) is 0 Å². The first-order valence-corrected chi connectivity index (χ1v) is 5.93. The number of aliphatic imine (C=N–C) groups is 1. The molecule has 3 heteroatoms. The molecule has 0 N–H and O–H groups in total. The van der Waals surface area contributed by atoms with Gasteiger partial charge in [0.25, 0.3) is 0 Å². The Kier molecular flexibility index (Phi) is 9.83. The predicted molar refractivity (Wildman–Crippen MR) is 71.9 cm³/mol. The third kappa shape index (κ3) is 9.53. The quantitative estimate of drug-likeness (QED) is 0.477. The molecule has 0 amide bonds. The largest absolute Gasteiger partial charge is 0.501 e. The van der Waals surface area contributed by atoms with Gasteiger partial charge in [-0.15, -0.1) is 0 Å². The Labute approximate surface area is 103 Å². The molecule has 0 unspecified atom stereocenters. The van der Waals surface area contributed by atoms with Crippen LogP contribution < -0.4 is 0 Å². The lowest BCUT2D eigenvalue weighted by Gasteiger charge is -1.94. The number of halogens is 1. The first-order chi connectivity index (χ1) is 7.70. The van der Waals surface area contributed by atoms with Crippen LogP contribution in [0.1, 0.15) is 33.6 Å². The molecule has 0 saturated carbocycles. The topological polar surface area (TPSA) is 21.6 Å². The molecule has 0 bridgehead atoms. The van der Waals surface area contributed by atoms with Crippen LogP contribution in [0.3, 0.4) is 0 Å². The first-order valence-electron chi connectivity index (χ1n) is 5.55. The Morgan fingerprint density at radius 2 is 2.12 bits per heavy atom. The Morgan fingerprint density at radius 3 is 2.69 bits per heavy atom. The summed E-state index contributed by atoms with van der Waals surface area (Å²) in [6.07, 6.45) is 11.2. The van der Waals surface area contributed by atoms with Crippen LogP contribution in [0.25, 0.3) is 0 Å². The van der Waals surface area contributed by atoms with E-state index in [9.17, 15) is 0 Å². The van der Waals surface area contributed by atoms with E-state index in [1.54, 1.807) is 24.6 Å². The molecule has 0 heterocycles. The average molecular weight is 242 g/mol. The summed E-state index contributed by atoms with van der Waals surface area (Å²) in [5, 5.41) is 0.698. The fourth-order valence-electron chi connectivity index (χ4n) is 0.926. The first kappa shape index (κ1) is 15.0. The molecule has 0 radical (unpaired) electrons. The molecule has 0 rings (SSSR count). The van der Waals surface area contributed by atoms with Gasteiger partial charge in [0.05, 0.1) is 18.6 Å². The number of allylic oxidation sites excluding steroid dienone is 4. The second-order valence-electron chi connectivity index (χ2n) is 3.22. The highest BCUT2D eigenvalue weighted by molar-refractivity contribution is 6.31. The lowest BCUT2D eigenvalue weighted by atomic mass is 10.3. The van der Waals surface area contributed by atoms with Crippen molar-refractivity contribution in [3.63, 3.8) is 0 Å². The van der Waals surface area contributed by atoms with Crippen LogP contribution in [0, 0.1) is 0 Å².